The van der Waals surface area contributed by atoms with Crippen LogP contribution in [0.4, 0.5) is 0 Å². The van der Waals surface area contributed by atoms with E-state index in [-0.39, 0.29) is 3.74 Å². The minimum atomic E-state index is -1.01. The zero-order valence-electron chi connectivity index (χ0n) is 12.0. The van der Waals surface area contributed by atoms with Crippen LogP contribution in [0, 0.1) is 0 Å². The van der Waals surface area contributed by atoms with Crippen LogP contribution in [0.25, 0.3) is 11.1 Å². The Morgan fingerprint density at radius 3 is 2.04 bits per heavy atom. The van der Waals surface area contributed by atoms with E-state index in [9.17, 15) is 0 Å². The van der Waals surface area contributed by atoms with Gasteiger partial charge in [0.1, 0.15) is 9.49 Å². The molecule has 0 N–H and O–H groups in total. The second-order valence-corrected chi connectivity index (χ2v) is 12.2. The first kappa shape index (κ1) is 19.9. The number of hydrogen-bond acceptors (Lipinski definition) is 2. The molecule has 2 aromatic rings. The van der Waals surface area contributed by atoms with Gasteiger partial charge in [-0.25, -0.2) is 0 Å². The first-order valence-corrected chi connectivity index (χ1v) is 10.8. The van der Waals surface area contributed by atoms with Crippen molar-refractivity contribution in [1.82, 2.24) is 0 Å². The molecule has 0 fully saturated rings. The number of methoxy groups -OCH3 is 1. The van der Waals surface area contributed by atoms with Gasteiger partial charge in [0.25, 0.3) is 3.42 Å². The van der Waals surface area contributed by atoms with Crippen molar-refractivity contribution in [3.8, 4) is 16.9 Å². The molecule has 0 radical (unpaired) electrons. The largest absolute Gasteiger partial charge is 0.462 e. The summed E-state index contributed by atoms with van der Waals surface area (Å²) < 4.78 is 9.51. The average molecular weight is 637 g/mol. The van der Waals surface area contributed by atoms with Crippen LogP contribution in [0.3, 0.4) is 0 Å². The molecule has 0 bridgehead atoms. The highest BCUT2D eigenvalue weighted by Crippen LogP contribution is 2.51. The maximum absolute atomic E-state index is 6.08. The fourth-order valence-corrected chi connectivity index (χ4v) is 5.41. The molecule has 0 amide bonds. The second kappa shape index (κ2) is 8.32. The fraction of sp³-hybridized carbons (Fsp3) is 0.250. The number of alkyl halides is 5. The Labute approximate surface area is 178 Å². The van der Waals surface area contributed by atoms with Gasteiger partial charge in [-0.3, -0.25) is 0 Å². The molecular formula is C16H13Br5O2. The Kier molecular flexibility index (Phi) is 7.21. The van der Waals surface area contributed by atoms with E-state index in [4.69, 9.17) is 9.47 Å². The Morgan fingerprint density at radius 2 is 1.48 bits per heavy atom. The van der Waals surface area contributed by atoms with Crippen LogP contribution in [0.15, 0.2) is 54.6 Å². The molecule has 1 atom stereocenters. The molecule has 0 aliphatic heterocycles. The van der Waals surface area contributed by atoms with Gasteiger partial charge in [0.2, 0.25) is 4.51 Å². The average Bonchev–Trinajstić information content (AvgIpc) is 2.54. The predicted octanol–water partition coefficient (Wildman–Crippen LogP) is 7.03. The Bertz CT molecular complexity index is 648. The summed E-state index contributed by atoms with van der Waals surface area (Å²) in [4.78, 5) is 0. The third-order valence-corrected chi connectivity index (χ3v) is 9.59. The highest BCUT2D eigenvalue weighted by Gasteiger charge is 2.54. The molecule has 23 heavy (non-hydrogen) atoms. The molecule has 124 valence electrons. The molecular weight excluding hydrogens is 624 g/mol. The molecule has 0 aliphatic carbocycles. The summed E-state index contributed by atoms with van der Waals surface area (Å²) in [5, 5.41) is 0. The first-order chi connectivity index (χ1) is 10.8. The molecule has 0 saturated heterocycles. The highest BCUT2D eigenvalue weighted by molar-refractivity contribution is 9.27. The lowest BCUT2D eigenvalue weighted by Crippen LogP contribution is -2.50. The van der Waals surface area contributed by atoms with E-state index in [0.717, 1.165) is 11.1 Å². The van der Waals surface area contributed by atoms with Gasteiger partial charge in [-0.15, -0.1) is 0 Å². The smallest absolute Gasteiger partial charge is 0.258 e. The van der Waals surface area contributed by atoms with Gasteiger partial charge in [-0.05, 0) is 71.0 Å². The van der Waals surface area contributed by atoms with Crippen LogP contribution >= 0.6 is 79.6 Å². The van der Waals surface area contributed by atoms with Crippen molar-refractivity contribution in [1.29, 1.82) is 0 Å². The maximum Gasteiger partial charge on any atom is 0.258 e. The fourth-order valence-electron chi connectivity index (χ4n) is 1.92. The predicted molar refractivity (Wildman–Crippen MR) is 113 cm³/mol. The van der Waals surface area contributed by atoms with Gasteiger partial charge in [0.05, 0.1) is 0 Å². The van der Waals surface area contributed by atoms with E-state index >= 15 is 0 Å². The molecule has 0 spiro atoms. The SMILES string of the molecule is COC(Br)(C(Br)Br)C(Br)(Br)Oc1cccc(-c2ccccc2)c1. The normalized spacial score (nSPS) is 14.6. The number of benzene rings is 2. The van der Waals surface area contributed by atoms with Crippen LogP contribution in [-0.4, -0.2) is 18.8 Å². The van der Waals surface area contributed by atoms with Crippen molar-refractivity contribution in [2.24, 2.45) is 0 Å². The van der Waals surface area contributed by atoms with Gasteiger partial charge >= 0.3 is 0 Å². The first-order valence-electron chi connectivity index (χ1n) is 6.54. The topological polar surface area (TPSA) is 18.5 Å². The zero-order chi connectivity index (χ0) is 17.1. The molecule has 2 nitrogen and oxygen atoms in total. The Morgan fingerprint density at radius 1 is 0.870 bits per heavy atom. The van der Waals surface area contributed by atoms with E-state index in [0.29, 0.717) is 5.75 Å². The van der Waals surface area contributed by atoms with Crippen LogP contribution in [0.5, 0.6) is 5.75 Å². The minimum absolute atomic E-state index is 0.219. The second-order valence-electron chi connectivity index (χ2n) is 4.66. The number of halogens is 5. The lowest BCUT2D eigenvalue weighted by Gasteiger charge is -2.39. The van der Waals surface area contributed by atoms with Crippen molar-refractivity contribution >= 4 is 79.6 Å². The van der Waals surface area contributed by atoms with Crippen LogP contribution in [0.1, 0.15) is 0 Å². The standard InChI is InChI=1S/C16H13Br5O2/c1-22-15(19,14(17)18)16(20,21)23-13-9-5-8-12(10-13)11-6-3-2-4-7-11/h2-10,14H,1H3. The van der Waals surface area contributed by atoms with Crippen molar-refractivity contribution in [3.63, 3.8) is 0 Å². The van der Waals surface area contributed by atoms with E-state index < -0.39 is 7.93 Å². The molecule has 0 saturated carbocycles. The van der Waals surface area contributed by atoms with E-state index in [1.54, 1.807) is 7.11 Å². The molecule has 1 unspecified atom stereocenters. The van der Waals surface area contributed by atoms with Crippen LogP contribution in [0.2, 0.25) is 0 Å². The van der Waals surface area contributed by atoms with E-state index in [1.165, 1.54) is 0 Å². The summed E-state index contributed by atoms with van der Waals surface area (Å²) in [6.45, 7) is 0. The molecule has 0 aromatic heterocycles. The molecule has 2 aromatic carbocycles. The van der Waals surface area contributed by atoms with Crippen molar-refractivity contribution in [3.05, 3.63) is 54.6 Å². The summed E-state index contributed by atoms with van der Waals surface area (Å²) in [6.07, 6.45) is 0. The number of rotatable bonds is 6. The summed E-state index contributed by atoms with van der Waals surface area (Å²) >= 11 is 17.6. The molecule has 7 heteroatoms. The third-order valence-electron chi connectivity index (χ3n) is 3.16. The third kappa shape index (κ3) is 4.61. The Balaban J connectivity index is 2.30. The number of hydrogen-bond donors (Lipinski definition) is 0. The summed E-state index contributed by atoms with van der Waals surface area (Å²) in [7, 11) is 1.59. The lowest BCUT2D eigenvalue weighted by atomic mass is 10.1. The Hall–Kier alpha value is 0.600. The van der Waals surface area contributed by atoms with E-state index in [2.05, 4.69) is 91.8 Å². The lowest BCUT2D eigenvalue weighted by molar-refractivity contribution is 0.0243. The quantitative estimate of drug-likeness (QED) is 0.317. The van der Waals surface area contributed by atoms with Crippen molar-refractivity contribution < 1.29 is 9.47 Å². The zero-order valence-corrected chi connectivity index (χ0v) is 19.9. The summed E-state index contributed by atoms with van der Waals surface area (Å²) in [5.41, 5.74) is 2.20. The van der Waals surface area contributed by atoms with Crippen LogP contribution < -0.4 is 4.74 Å². The summed E-state index contributed by atoms with van der Waals surface area (Å²) in [5.74, 6) is 0.696. The van der Waals surface area contributed by atoms with Crippen molar-refractivity contribution in [2.45, 2.75) is 11.7 Å². The summed E-state index contributed by atoms with van der Waals surface area (Å²) in [6, 6.07) is 18.0. The van der Waals surface area contributed by atoms with Gasteiger partial charge in [-0.2, -0.15) is 0 Å². The highest BCUT2D eigenvalue weighted by atomic mass is 79.9. The molecule has 0 aliphatic rings. The molecule has 0 heterocycles. The van der Waals surface area contributed by atoms with Crippen LogP contribution in [-0.2, 0) is 4.74 Å². The number of ether oxygens (including phenoxy) is 2. The van der Waals surface area contributed by atoms with E-state index in [1.807, 2.05) is 42.5 Å². The van der Waals surface area contributed by atoms with Gasteiger partial charge in [0.15, 0.2) is 0 Å². The molecule has 2 rings (SSSR count). The monoisotopic (exact) mass is 632 g/mol. The van der Waals surface area contributed by atoms with Crippen molar-refractivity contribution in [2.75, 3.05) is 7.11 Å². The van der Waals surface area contributed by atoms with Gasteiger partial charge < -0.3 is 9.47 Å². The van der Waals surface area contributed by atoms with Gasteiger partial charge in [-0.1, -0.05) is 74.3 Å². The minimum Gasteiger partial charge on any atom is -0.462 e. The van der Waals surface area contributed by atoms with Gasteiger partial charge in [0, 0.05) is 7.11 Å². The maximum atomic E-state index is 6.08.